The molecule has 2 aromatic rings. The lowest BCUT2D eigenvalue weighted by molar-refractivity contribution is -0.137. The van der Waals surface area contributed by atoms with Crippen molar-refractivity contribution in [2.45, 2.75) is 19.1 Å². The summed E-state index contributed by atoms with van der Waals surface area (Å²) in [7, 11) is 1.67. The van der Waals surface area contributed by atoms with Gasteiger partial charge < -0.3 is 14.8 Å². The molecule has 0 unspecified atom stereocenters. The number of carbonyl (C=O) groups is 1. The number of fused-ring (bicyclic) bond motifs is 1. The number of anilines is 1. The third-order valence-corrected chi connectivity index (χ3v) is 4.15. The lowest BCUT2D eigenvalue weighted by Crippen LogP contribution is -2.29. The average molecular weight is 394 g/mol. The Kier molecular flexibility index (Phi) is 6.08. The van der Waals surface area contributed by atoms with Crippen LogP contribution < -0.4 is 14.8 Å². The molecule has 150 valence electrons. The zero-order chi connectivity index (χ0) is 20.1. The van der Waals surface area contributed by atoms with Crippen molar-refractivity contribution in [2.24, 2.45) is 0 Å². The summed E-state index contributed by atoms with van der Waals surface area (Å²) in [5.41, 5.74) is 0.359. The minimum absolute atomic E-state index is 0.0324. The van der Waals surface area contributed by atoms with Gasteiger partial charge in [-0.25, -0.2) is 0 Å². The molecule has 2 aromatic carbocycles. The van der Waals surface area contributed by atoms with E-state index in [2.05, 4.69) is 5.32 Å². The van der Waals surface area contributed by atoms with Gasteiger partial charge in [-0.3, -0.25) is 9.69 Å². The molecule has 0 fully saturated rings. The molecule has 0 atom stereocenters. The maximum atomic E-state index is 12.8. The molecule has 0 aliphatic carbocycles. The second-order valence-corrected chi connectivity index (χ2v) is 6.63. The van der Waals surface area contributed by atoms with Gasteiger partial charge in [-0.15, -0.1) is 0 Å². The van der Waals surface area contributed by atoms with E-state index in [-0.39, 0.29) is 19.0 Å². The highest BCUT2D eigenvalue weighted by Crippen LogP contribution is 2.32. The maximum absolute atomic E-state index is 12.8. The molecule has 1 N–H and O–H groups in total. The molecule has 8 heteroatoms. The number of hydrogen-bond acceptors (Lipinski definition) is 4. The normalized spacial score (nSPS) is 13.9. The van der Waals surface area contributed by atoms with Crippen LogP contribution in [0.15, 0.2) is 42.5 Å². The van der Waals surface area contributed by atoms with Gasteiger partial charge in [-0.2, -0.15) is 13.2 Å². The number of ether oxygens (including phenoxy) is 2. The fourth-order valence-electron chi connectivity index (χ4n) is 2.90. The van der Waals surface area contributed by atoms with Crippen molar-refractivity contribution in [2.75, 3.05) is 32.1 Å². The largest absolute Gasteiger partial charge is 0.490 e. The number of nitrogens with one attached hydrogen (secondary N) is 1. The van der Waals surface area contributed by atoms with Crippen LogP contribution in [0.2, 0.25) is 0 Å². The highest BCUT2D eigenvalue weighted by molar-refractivity contribution is 5.92. The third kappa shape index (κ3) is 5.39. The van der Waals surface area contributed by atoms with E-state index >= 15 is 0 Å². The summed E-state index contributed by atoms with van der Waals surface area (Å²) in [5, 5.41) is 2.77. The van der Waals surface area contributed by atoms with Crippen LogP contribution in [0.1, 0.15) is 17.5 Å². The van der Waals surface area contributed by atoms with E-state index in [1.807, 2.05) is 0 Å². The van der Waals surface area contributed by atoms with Gasteiger partial charge in [-0.05, 0) is 30.8 Å². The first-order valence-electron chi connectivity index (χ1n) is 8.85. The van der Waals surface area contributed by atoms with Crippen LogP contribution in [0.25, 0.3) is 0 Å². The van der Waals surface area contributed by atoms with Crippen LogP contribution in [0.3, 0.4) is 0 Å². The minimum Gasteiger partial charge on any atom is -0.490 e. The zero-order valence-corrected chi connectivity index (χ0v) is 15.4. The Labute approximate surface area is 161 Å². The molecule has 1 aliphatic rings. The molecule has 0 bridgehead atoms. The number of alkyl halides is 3. The molecule has 3 rings (SSSR count). The van der Waals surface area contributed by atoms with E-state index in [4.69, 9.17) is 9.47 Å². The van der Waals surface area contributed by atoms with Crippen LogP contribution in [-0.4, -0.2) is 37.6 Å². The molecule has 0 saturated heterocycles. The van der Waals surface area contributed by atoms with Crippen LogP contribution in [-0.2, 0) is 17.5 Å². The first kappa shape index (κ1) is 20.0. The monoisotopic (exact) mass is 394 g/mol. The molecule has 1 aliphatic heterocycles. The lowest BCUT2D eigenvalue weighted by atomic mass is 10.1. The maximum Gasteiger partial charge on any atom is 0.416 e. The first-order chi connectivity index (χ1) is 13.3. The predicted molar refractivity (Wildman–Crippen MR) is 98.5 cm³/mol. The van der Waals surface area contributed by atoms with Gasteiger partial charge in [0, 0.05) is 24.7 Å². The average Bonchev–Trinajstić information content (AvgIpc) is 2.86. The van der Waals surface area contributed by atoms with Gasteiger partial charge >= 0.3 is 6.18 Å². The molecule has 0 spiro atoms. The number of benzene rings is 2. The number of halogens is 3. The molecule has 0 aromatic heterocycles. The number of hydrogen-bond donors (Lipinski definition) is 1. The first-order valence-corrected chi connectivity index (χ1v) is 8.85. The lowest BCUT2D eigenvalue weighted by Gasteiger charge is -2.17. The van der Waals surface area contributed by atoms with Gasteiger partial charge in [0.15, 0.2) is 11.5 Å². The Hall–Kier alpha value is -2.74. The molecular weight excluding hydrogens is 373 g/mol. The van der Waals surface area contributed by atoms with E-state index < -0.39 is 11.7 Å². The molecule has 28 heavy (non-hydrogen) atoms. The molecule has 0 saturated carbocycles. The van der Waals surface area contributed by atoms with E-state index in [1.165, 1.54) is 6.07 Å². The number of amides is 1. The summed E-state index contributed by atoms with van der Waals surface area (Å²) in [6, 6.07) is 10.3. The van der Waals surface area contributed by atoms with Gasteiger partial charge in [0.25, 0.3) is 0 Å². The smallest absolute Gasteiger partial charge is 0.416 e. The number of carbonyl (C=O) groups excluding carboxylic acids is 1. The predicted octanol–water partition coefficient (Wildman–Crippen LogP) is 3.94. The Morgan fingerprint density at radius 1 is 1.11 bits per heavy atom. The number of nitrogens with zero attached hydrogens (tertiary/aromatic N) is 1. The van der Waals surface area contributed by atoms with Crippen LogP contribution >= 0.6 is 0 Å². The van der Waals surface area contributed by atoms with Crippen molar-refractivity contribution in [1.29, 1.82) is 0 Å². The molecule has 0 radical (unpaired) electrons. The van der Waals surface area contributed by atoms with E-state index in [9.17, 15) is 18.0 Å². The van der Waals surface area contributed by atoms with E-state index in [0.29, 0.717) is 36.0 Å². The second kappa shape index (κ2) is 8.52. The zero-order valence-electron chi connectivity index (χ0n) is 15.4. The van der Waals surface area contributed by atoms with Crippen molar-refractivity contribution >= 4 is 11.6 Å². The Morgan fingerprint density at radius 2 is 1.86 bits per heavy atom. The Bertz CT molecular complexity index is 840. The number of rotatable bonds is 5. The fraction of sp³-hybridized carbons (Fsp3) is 0.350. The Morgan fingerprint density at radius 3 is 2.61 bits per heavy atom. The summed E-state index contributed by atoms with van der Waals surface area (Å²) >= 11 is 0. The van der Waals surface area contributed by atoms with Crippen LogP contribution in [0.4, 0.5) is 18.9 Å². The molecule has 1 heterocycles. The van der Waals surface area contributed by atoms with Crippen molar-refractivity contribution in [3.05, 3.63) is 53.6 Å². The molecule has 1 amide bonds. The highest BCUT2D eigenvalue weighted by Gasteiger charge is 2.30. The Balaban J connectivity index is 1.57. The van der Waals surface area contributed by atoms with Crippen LogP contribution in [0, 0.1) is 0 Å². The van der Waals surface area contributed by atoms with E-state index in [1.54, 1.807) is 36.2 Å². The van der Waals surface area contributed by atoms with Gasteiger partial charge in [-0.1, -0.05) is 18.2 Å². The topological polar surface area (TPSA) is 50.8 Å². The number of likely N-dealkylation sites (N-methyl/N-ethyl adjacent to an activating group) is 1. The second-order valence-electron chi connectivity index (χ2n) is 6.63. The quantitative estimate of drug-likeness (QED) is 0.835. The summed E-state index contributed by atoms with van der Waals surface area (Å²) in [4.78, 5) is 13.9. The van der Waals surface area contributed by atoms with E-state index in [0.717, 1.165) is 18.6 Å². The molecule has 5 nitrogen and oxygen atoms in total. The van der Waals surface area contributed by atoms with Crippen molar-refractivity contribution < 1.29 is 27.4 Å². The van der Waals surface area contributed by atoms with Crippen molar-refractivity contribution in [3.8, 4) is 11.5 Å². The third-order valence-electron chi connectivity index (χ3n) is 4.15. The summed E-state index contributed by atoms with van der Waals surface area (Å²) < 4.78 is 49.6. The fourth-order valence-corrected chi connectivity index (χ4v) is 2.90. The van der Waals surface area contributed by atoms with Crippen molar-refractivity contribution in [3.63, 3.8) is 0 Å². The van der Waals surface area contributed by atoms with Gasteiger partial charge in [0.05, 0.1) is 25.3 Å². The summed E-state index contributed by atoms with van der Waals surface area (Å²) in [6.07, 6.45) is -3.60. The summed E-state index contributed by atoms with van der Waals surface area (Å²) in [6.45, 7) is 1.38. The highest BCUT2D eigenvalue weighted by atomic mass is 19.4. The van der Waals surface area contributed by atoms with Crippen molar-refractivity contribution in [1.82, 2.24) is 4.90 Å². The van der Waals surface area contributed by atoms with Gasteiger partial charge in [0.1, 0.15) is 0 Å². The minimum atomic E-state index is -4.39. The standard InChI is InChI=1S/C20H21F3N2O3/c1-25(12-14-4-2-5-15(10-14)20(21,22)23)13-19(26)24-16-6-7-17-18(11-16)28-9-3-8-27-17/h2,4-7,10-11H,3,8-9,12-13H2,1H3,(H,24,26). The SMILES string of the molecule is CN(CC(=O)Nc1ccc2c(c1)OCCCO2)Cc1cccc(C(F)(F)F)c1. The van der Waals surface area contributed by atoms with Gasteiger partial charge in [0.2, 0.25) is 5.91 Å². The summed E-state index contributed by atoms with van der Waals surface area (Å²) in [5.74, 6) is 0.939. The van der Waals surface area contributed by atoms with Crippen LogP contribution in [0.5, 0.6) is 11.5 Å². The molecular formula is C20H21F3N2O3.